The third-order valence-corrected chi connectivity index (χ3v) is 9.27. The van der Waals surface area contributed by atoms with Gasteiger partial charge in [0.05, 0.1) is 4.90 Å². The summed E-state index contributed by atoms with van der Waals surface area (Å²) in [6.07, 6.45) is 0. The molecule has 0 spiro atoms. The highest BCUT2D eigenvalue weighted by atomic mass is 32.2. The van der Waals surface area contributed by atoms with Gasteiger partial charge in [-0.25, -0.2) is 8.42 Å². The summed E-state index contributed by atoms with van der Waals surface area (Å²) in [5.74, 6) is -0.460. The summed E-state index contributed by atoms with van der Waals surface area (Å²) in [6.45, 7) is 1.91. The van der Waals surface area contributed by atoms with Crippen LogP contribution in [0.2, 0.25) is 0 Å². The van der Waals surface area contributed by atoms with Crippen molar-refractivity contribution in [2.45, 2.75) is 17.2 Å². The second-order valence-corrected chi connectivity index (χ2v) is 11.6. The van der Waals surface area contributed by atoms with Gasteiger partial charge in [0.15, 0.2) is 5.78 Å². The lowest BCUT2D eigenvalue weighted by atomic mass is 9.61. The van der Waals surface area contributed by atoms with Gasteiger partial charge in [0.25, 0.3) is 0 Å². The summed E-state index contributed by atoms with van der Waals surface area (Å²) in [5.41, 5.74) is 3.61. The topological polar surface area (TPSA) is 51.2 Å². The summed E-state index contributed by atoms with van der Waals surface area (Å²) >= 11 is 0. The third-order valence-electron chi connectivity index (χ3n) is 7.45. The van der Waals surface area contributed by atoms with Crippen LogP contribution in [0.25, 0.3) is 5.57 Å². The Balaban J connectivity index is 1.80. The maximum Gasteiger partial charge on any atom is 0.210 e. The number of benzene rings is 5. The van der Waals surface area contributed by atoms with Gasteiger partial charge in [-0.2, -0.15) is 0 Å². The van der Waals surface area contributed by atoms with Gasteiger partial charge in [-0.1, -0.05) is 133 Å². The van der Waals surface area contributed by atoms with E-state index in [1.807, 2.05) is 122 Å². The smallest absolute Gasteiger partial charge is 0.210 e. The molecule has 1 aliphatic rings. The molecule has 0 amide bonds. The standard InChI is InChI=1S/C35H26O3S/c1-25-21-23-29(24-22-25)39(37,38)33-32(26-13-5-2-6-14-26)30-19-11-12-20-31(30)35(34(33)36,27-15-7-3-8-16-27)28-17-9-4-10-18-28/h2-24H,1H3. The number of carbonyl (C=O) groups is 1. The molecule has 0 heterocycles. The van der Waals surface area contributed by atoms with E-state index in [9.17, 15) is 8.42 Å². The lowest BCUT2D eigenvalue weighted by molar-refractivity contribution is -0.117. The zero-order valence-electron chi connectivity index (χ0n) is 21.4. The molecule has 0 saturated carbocycles. The van der Waals surface area contributed by atoms with Crippen LogP contribution in [-0.2, 0) is 20.0 Å². The van der Waals surface area contributed by atoms with Gasteiger partial charge in [0.2, 0.25) is 9.84 Å². The molecule has 0 bridgehead atoms. The van der Waals surface area contributed by atoms with Crippen molar-refractivity contribution in [1.82, 2.24) is 0 Å². The molecular formula is C35H26O3S. The Morgan fingerprint density at radius 3 is 1.62 bits per heavy atom. The van der Waals surface area contributed by atoms with E-state index in [0.717, 1.165) is 27.8 Å². The molecule has 0 atom stereocenters. The zero-order valence-corrected chi connectivity index (χ0v) is 22.2. The average molecular weight is 527 g/mol. The molecule has 0 fully saturated rings. The molecule has 3 nitrogen and oxygen atoms in total. The molecule has 6 rings (SSSR count). The molecule has 190 valence electrons. The second kappa shape index (κ2) is 9.64. The molecule has 0 saturated heterocycles. The Bertz CT molecular complexity index is 1760. The monoisotopic (exact) mass is 526 g/mol. The highest BCUT2D eigenvalue weighted by Crippen LogP contribution is 2.52. The lowest BCUT2D eigenvalue weighted by Gasteiger charge is -2.40. The predicted octanol–water partition coefficient (Wildman–Crippen LogP) is 7.15. The van der Waals surface area contributed by atoms with Crippen LogP contribution >= 0.6 is 0 Å². The second-order valence-electron chi connectivity index (χ2n) is 9.74. The van der Waals surface area contributed by atoms with Crippen molar-refractivity contribution >= 4 is 21.2 Å². The van der Waals surface area contributed by atoms with E-state index in [2.05, 4.69) is 0 Å². The number of hydrogen-bond donors (Lipinski definition) is 0. The first-order valence-corrected chi connectivity index (χ1v) is 14.3. The van der Waals surface area contributed by atoms with Crippen LogP contribution in [0.5, 0.6) is 0 Å². The fourth-order valence-electron chi connectivity index (χ4n) is 5.66. The van der Waals surface area contributed by atoms with Crippen molar-refractivity contribution in [3.63, 3.8) is 0 Å². The van der Waals surface area contributed by atoms with Crippen LogP contribution in [0.1, 0.15) is 33.4 Å². The first-order chi connectivity index (χ1) is 19.0. The number of ketones is 1. The summed E-state index contributed by atoms with van der Waals surface area (Å²) < 4.78 is 29.1. The first kappa shape index (κ1) is 24.8. The highest BCUT2D eigenvalue weighted by Gasteiger charge is 2.53. The molecule has 5 aromatic carbocycles. The molecule has 4 heteroatoms. The van der Waals surface area contributed by atoms with E-state index in [0.29, 0.717) is 11.1 Å². The van der Waals surface area contributed by atoms with E-state index < -0.39 is 21.0 Å². The Morgan fingerprint density at radius 1 is 0.564 bits per heavy atom. The fraction of sp³-hybridized carbons (Fsp3) is 0.0571. The fourth-order valence-corrected chi connectivity index (χ4v) is 7.28. The van der Waals surface area contributed by atoms with E-state index in [1.54, 1.807) is 24.3 Å². The number of sulfone groups is 1. The van der Waals surface area contributed by atoms with Crippen molar-refractivity contribution in [3.8, 4) is 0 Å². The number of Topliss-reactive ketones (excluding diaryl/α,β-unsaturated/α-hetero) is 1. The molecular weight excluding hydrogens is 500 g/mol. The van der Waals surface area contributed by atoms with Gasteiger partial charge >= 0.3 is 0 Å². The van der Waals surface area contributed by atoms with Crippen LogP contribution in [-0.4, -0.2) is 14.2 Å². The molecule has 1 aliphatic carbocycles. The summed E-state index contributed by atoms with van der Waals surface area (Å²) in [4.78, 5) is 15.2. The first-order valence-electron chi connectivity index (χ1n) is 12.8. The average Bonchev–Trinajstić information content (AvgIpc) is 2.98. The Morgan fingerprint density at radius 2 is 1.05 bits per heavy atom. The van der Waals surface area contributed by atoms with Crippen LogP contribution in [0.4, 0.5) is 0 Å². The van der Waals surface area contributed by atoms with Crippen LogP contribution < -0.4 is 0 Å². The van der Waals surface area contributed by atoms with Crippen molar-refractivity contribution in [3.05, 3.63) is 178 Å². The molecule has 0 unspecified atom stereocenters. The van der Waals surface area contributed by atoms with Gasteiger partial charge in [-0.3, -0.25) is 4.79 Å². The molecule has 0 aromatic heterocycles. The van der Waals surface area contributed by atoms with Crippen molar-refractivity contribution in [1.29, 1.82) is 0 Å². The minimum Gasteiger partial charge on any atom is -0.292 e. The SMILES string of the molecule is Cc1ccc(S(=O)(=O)C2=C(c3ccccc3)c3ccccc3C(c3ccccc3)(c3ccccc3)C2=O)cc1. The van der Waals surface area contributed by atoms with Crippen molar-refractivity contribution < 1.29 is 13.2 Å². The lowest BCUT2D eigenvalue weighted by Crippen LogP contribution is -2.44. The van der Waals surface area contributed by atoms with Crippen molar-refractivity contribution in [2.75, 3.05) is 0 Å². The number of hydrogen-bond acceptors (Lipinski definition) is 3. The Labute approximate surface area is 229 Å². The molecule has 0 N–H and O–H groups in total. The normalized spacial score (nSPS) is 14.6. The summed E-state index contributed by atoms with van der Waals surface area (Å²) in [5, 5.41) is 0. The predicted molar refractivity (Wildman–Crippen MR) is 155 cm³/mol. The highest BCUT2D eigenvalue weighted by molar-refractivity contribution is 7.96. The van der Waals surface area contributed by atoms with Crippen LogP contribution in [0, 0.1) is 6.92 Å². The Hall–Kier alpha value is -4.54. The van der Waals surface area contributed by atoms with Gasteiger partial charge in [0, 0.05) is 5.57 Å². The van der Waals surface area contributed by atoms with E-state index in [4.69, 9.17) is 0 Å². The van der Waals surface area contributed by atoms with Gasteiger partial charge < -0.3 is 0 Å². The van der Waals surface area contributed by atoms with Crippen LogP contribution in [0.3, 0.4) is 0 Å². The number of aryl methyl sites for hydroxylation is 1. The quantitative estimate of drug-likeness (QED) is 0.244. The van der Waals surface area contributed by atoms with E-state index >= 15 is 4.79 Å². The maximum absolute atomic E-state index is 15.2. The van der Waals surface area contributed by atoms with Crippen molar-refractivity contribution in [2.24, 2.45) is 0 Å². The summed E-state index contributed by atoms with van der Waals surface area (Å²) in [7, 11) is -4.22. The third kappa shape index (κ3) is 3.87. The zero-order chi connectivity index (χ0) is 27.0. The number of carbonyl (C=O) groups excluding carboxylic acids is 1. The molecule has 0 aliphatic heterocycles. The van der Waals surface area contributed by atoms with E-state index in [-0.39, 0.29) is 9.80 Å². The number of rotatable bonds is 5. The largest absolute Gasteiger partial charge is 0.292 e. The van der Waals surface area contributed by atoms with Gasteiger partial charge in [-0.05, 0) is 46.9 Å². The maximum atomic E-state index is 15.2. The van der Waals surface area contributed by atoms with Gasteiger partial charge in [0.1, 0.15) is 10.3 Å². The molecule has 5 aromatic rings. The molecule has 0 radical (unpaired) electrons. The molecule has 39 heavy (non-hydrogen) atoms. The Kier molecular flexibility index (Phi) is 6.13. The number of fused-ring (bicyclic) bond motifs is 1. The summed E-state index contributed by atoms with van der Waals surface area (Å²) in [6, 6.07) is 42.7. The minimum absolute atomic E-state index is 0.0966. The van der Waals surface area contributed by atoms with Crippen LogP contribution in [0.15, 0.2) is 149 Å². The van der Waals surface area contributed by atoms with E-state index in [1.165, 1.54) is 0 Å². The minimum atomic E-state index is -4.22. The number of allylic oxidation sites excluding steroid dienone is 1. The van der Waals surface area contributed by atoms with Gasteiger partial charge in [-0.15, -0.1) is 0 Å².